The van der Waals surface area contributed by atoms with Crippen LogP contribution in [0.4, 0.5) is 0 Å². The fraction of sp³-hybridized carbons (Fsp3) is 0.273. The number of amides is 1. The summed E-state index contributed by atoms with van der Waals surface area (Å²) < 4.78 is 16.5. The SMILES string of the molecule is COc1cc(C(=O)N(C)Cc2cccc(Cl)c2)ccc1OCc1c(C)noc1C. The summed E-state index contributed by atoms with van der Waals surface area (Å²) in [6.45, 7) is 4.46. The molecule has 0 unspecified atom stereocenters. The lowest BCUT2D eigenvalue weighted by Crippen LogP contribution is -2.26. The Kier molecular flexibility index (Phi) is 6.44. The number of rotatable bonds is 7. The van der Waals surface area contributed by atoms with Gasteiger partial charge in [0.1, 0.15) is 12.4 Å². The average molecular weight is 415 g/mol. The second-order valence-electron chi connectivity index (χ2n) is 6.75. The van der Waals surface area contributed by atoms with Crippen molar-refractivity contribution in [2.24, 2.45) is 0 Å². The molecule has 1 heterocycles. The Morgan fingerprint density at radius 2 is 1.97 bits per heavy atom. The maximum Gasteiger partial charge on any atom is 0.254 e. The second-order valence-corrected chi connectivity index (χ2v) is 7.18. The Balaban J connectivity index is 1.72. The Hall–Kier alpha value is -2.99. The summed E-state index contributed by atoms with van der Waals surface area (Å²) in [7, 11) is 3.29. The zero-order chi connectivity index (χ0) is 21.0. The van der Waals surface area contributed by atoms with Gasteiger partial charge in [-0.15, -0.1) is 0 Å². The molecule has 6 nitrogen and oxygen atoms in total. The Morgan fingerprint density at radius 3 is 2.62 bits per heavy atom. The molecule has 0 spiro atoms. The van der Waals surface area contributed by atoms with Crippen LogP contribution in [0.25, 0.3) is 0 Å². The summed E-state index contributed by atoms with van der Waals surface area (Å²) in [5, 5.41) is 4.57. The largest absolute Gasteiger partial charge is 0.493 e. The van der Waals surface area contributed by atoms with Crippen LogP contribution < -0.4 is 9.47 Å². The summed E-state index contributed by atoms with van der Waals surface area (Å²) >= 11 is 6.02. The highest BCUT2D eigenvalue weighted by atomic mass is 35.5. The van der Waals surface area contributed by atoms with Gasteiger partial charge in [-0.1, -0.05) is 28.9 Å². The van der Waals surface area contributed by atoms with E-state index in [-0.39, 0.29) is 5.91 Å². The van der Waals surface area contributed by atoms with Crippen LogP contribution in [0.15, 0.2) is 47.0 Å². The number of ether oxygens (including phenoxy) is 2. The topological polar surface area (TPSA) is 64.8 Å². The van der Waals surface area contributed by atoms with Gasteiger partial charge in [0.15, 0.2) is 11.5 Å². The normalized spacial score (nSPS) is 10.7. The molecule has 3 rings (SSSR count). The number of carbonyl (C=O) groups excluding carboxylic acids is 1. The van der Waals surface area contributed by atoms with Gasteiger partial charge in [0.25, 0.3) is 5.91 Å². The minimum atomic E-state index is -0.124. The maximum atomic E-state index is 12.8. The Morgan fingerprint density at radius 1 is 1.17 bits per heavy atom. The Labute approximate surface area is 175 Å². The minimum absolute atomic E-state index is 0.124. The third-order valence-electron chi connectivity index (χ3n) is 4.62. The van der Waals surface area contributed by atoms with Crippen molar-refractivity contribution in [3.05, 3.63) is 75.6 Å². The van der Waals surface area contributed by atoms with Gasteiger partial charge in [-0.25, -0.2) is 0 Å². The van der Waals surface area contributed by atoms with Crippen LogP contribution in [0.2, 0.25) is 5.02 Å². The molecular weight excluding hydrogens is 392 g/mol. The van der Waals surface area contributed by atoms with E-state index in [2.05, 4.69) is 5.16 Å². The highest BCUT2D eigenvalue weighted by molar-refractivity contribution is 6.30. The molecule has 2 aromatic carbocycles. The van der Waals surface area contributed by atoms with Crippen molar-refractivity contribution in [2.75, 3.05) is 14.2 Å². The quantitative estimate of drug-likeness (QED) is 0.555. The lowest BCUT2D eigenvalue weighted by molar-refractivity contribution is 0.0784. The molecule has 1 aromatic heterocycles. The van der Waals surface area contributed by atoms with E-state index >= 15 is 0 Å². The molecule has 152 valence electrons. The summed E-state index contributed by atoms with van der Waals surface area (Å²) in [6.07, 6.45) is 0. The van der Waals surface area contributed by atoms with Crippen molar-refractivity contribution in [1.29, 1.82) is 0 Å². The lowest BCUT2D eigenvalue weighted by Gasteiger charge is -2.18. The molecule has 0 atom stereocenters. The standard InChI is InChI=1S/C22H23ClN2O4/c1-14-19(15(2)29-24-14)13-28-20-9-8-17(11-21(20)27-4)22(26)25(3)12-16-6-5-7-18(23)10-16/h5-11H,12-13H2,1-4H3. The van der Waals surface area contributed by atoms with Crippen LogP contribution in [0.5, 0.6) is 11.5 Å². The monoisotopic (exact) mass is 414 g/mol. The molecule has 0 aliphatic rings. The predicted octanol–water partition coefficient (Wildman–Crippen LogP) is 4.80. The molecule has 1 amide bonds. The zero-order valence-corrected chi connectivity index (χ0v) is 17.6. The first kappa shape index (κ1) is 20.7. The van der Waals surface area contributed by atoms with Crippen molar-refractivity contribution in [3.8, 4) is 11.5 Å². The van der Waals surface area contributed by atoms with E-state index in [0.29, 0.717) is 35.2 Å². The second kappa shape index (κ2) is 9.01. The van der Waals surface area contributed by atoms with Crippen molar-refractivity contribution in [1.82, 2.24) is 10.1 Å². The van der Waals surface area contributed by atoms with Gasteiger partial charge in [0.05, 0.1) is 18.4 Å². The number of aromatic nitrogens is 1. The Bertz CT molecular complexity index is 996. The smallest absolute Gasteiger partial charge is 0.254 e. The van der Waals surface area contributed by atoms with Gasteiger partial charge in [0, 0.05) is 24.2 Å². The van der Waals surface area contributed by atoms with Crippen molar-refractivity contribution >= 4 is 17.5 Å². The van der Waals surface area contributed by atoms with Crippen LogP contribution in [0.3, 0.4) is 0 Å². The molecule has 0 bridgehead atoms. The number of aryl methyl sites for hydroxylation is 2. The van der Waals surface area contributed by atoms with Crippen molar-refractivity contribution in [3.63, 3.8) is 0 Å². The van der Waals surface area contributed by atoms with Gasteiger partial charge >= 0.3 is 0 Å². The van der Waals surface area contributed by atoms with Crippen LogP contribution in [0.1, 0.15) is 32.9 Å². The first-order chi connectivity index (χ1) is 13.9. The first-order valence-corrected chi connectivity index (χ1v) is 9.49. The van der Waals surface area contributed by atoms with E-state index in [9.17, 15) is 4.79 Å². The number of carbonyl (C=O) groups is 1. The molecule has 29 heavy (non-hydrogen) atoms. The molecular formula is C22H23ClN2O4. The molecule has 0 aliphatic heterocycles. The van der Waals surface area contributed by atoms with Gasteiger partial charge in [0.2, 0.25) is 0 Å². The number of nitrogens with zero attached hydrogens (tertiary/aromatic N) is 2. The van der Waals surface area contributed by atoms with Crippen LogP contribution >= 0.6 is 11.6 Å². The van der Waals surface area contributed by atoms with Gasteiger partial charge in [-0.2, -0.15) is 0 Å². The lowest BCUT2D eigenvalue weighted by atomic mass is 10.1. The minimum Gasteiger partial charge on any atom is -0.493 e. The highest BCUT2D eigenvalue weighted by Gasteiger charge is 2.17. The third-order valence-corrected chi connectivity index (χ3v) is 4.85. The van der Waals surface area contributed by atoms with Gasteiger partial charge in [-0.3, -0.25) is 4.79 Å². The highest BCUT2D eigenvalue weighted by Crippen LogP contribution is 2.30. The molecule has 0 N–H and O–H groups in total. The number of halogens is 1. The molecule has 0 fully saturated rings. The van der Waals surface area contributed by atoms with E-state index < -0.39 is 0 Å². The average Bonchev–Trinajstić information content (AvgIpc) is 3.03. The molecule has 0 saturated carbocycles. The number of methoxy groups -OCH3 is 1. The summed E-state index contributed by atoms with van der Waals surface area (Å²) in [5.74, 6) is 1.62. The number of hydrogen-bond donors (Lipinski definition) is 0. The molecule has 0 radical (unpaired) electrons. The zero-order valence-electron chi connectivity index (χ0n) is 16.9. The van der Waals surface area contributed by atoms with Gasteiger partial charge < -0.3 is 18.9 Å². The van der Waals surface area contributed by atoms with Crippen molar-refractivity contribution < 1.29 is 18.8 Å². The summed E-state index contributed by atoms with van der Waals surface area (Å²) in [6, 6.07) is 12.6. The number of benzene rings is 2. The first-order valence-electron chi connectivity index (χ1n) is 9.11. The van der Waals surface area contributed by atoms with Crippen molar-refractivity contribution in [2.45, 2.75) is 27.0 Å². The molecule has 0 aliphatic carbocycles. The predicted molar refractivity (Wildman–Crippen MR) is 111 cm³/mol. The van der Waals surface area contributed by atoms with E-state index in [1.807, 2.05) is 32.0 Å². The van der Waals surface area contributed by atoms with Crippen LogP contribution in [0, 0.1) is 13.8 Å². The fourth-order valence-corrected chi connectivity index (χ4v) is 3.19. The van der Waals surface area contributed by atoms with Crippen LogP contribution in [-0.4, -0.2) is 30.1 Å². The van der Waals surface area contributed by atoms with E-state index in [1.54, 1.807) is 43.3 Å². The maximum absolute atomic E-state index is 12.8. The third kappa shape index (κ3) is 4.90. The fourth-order valence-electron chi connectivity index (χ4n) is 2.98. The van der Waals surface area contributed by atoms with Crippen LogP contribution in [-0.2, 0) is 13.2 Å². The van der Waals surface area contributed by atoms with E-state index in [0.717, 1.165) is 22.6 Å². The summed E-state index contributed by atoms with van der Waals surface area (Å²) in [5.41, 5.74) is 3.15. The number of hydrogen-bond acceptors (Lipinski definition) is 5. The summed E-state index contributed by atoms with van der Waals surface area (Å²) in [4.78, 5) is 14.5. The molecule has 3 aromatic rings. The molecule has 0 saturated heterocycles. The van der Waals surface area contributed by atoms with E-state index in [4.69, 9.17) is 25.6 Å². The van der Waals surface area contributed by atoms with E-state index in [1.165, 1.54) is 0 Å². The van der Waals surface area contributed by atoms with Gasteiger partial charge in [-0.05, 0) is 49.7 Å². The molecule has 7 heteroatoms.